The van der Waals surface area contributed by atoms with Crippen LogP contribution in [0.15, 0.2) is 42.5 Å². The summed E-state index contributed by atoms with van der Waals surface area (Å²) >= 11 is 0. The lowest BCUT2D eigenvalue weighted by atomic mass is 9.90. The third kappa shape index (κ3) is 5.29. The fourth-order valence-corrected chi connectivity index (χ4v) is 2.34. The van der Waals surface area contributed by atoms with Crippen LogP contribution in [0.1, 0.15) is 39.2 Å². The summed E-state index contributed by atoms with van der Waals surface area (Å²) in [5.74, 6) is 0.00696. The van der Waals surface area contributed by atoms with E-state index in [2.05, 4.69) is 32.6 Å². The predicted molar refractivity (Wildman–Crippen MR) is 78.9 cm³/mol. The molecule has 0 unspecified atom stereocenters. The number of hydrogen-bond acceptors (Lipinski definition) is 2. The second kappa shape index (κ2) is 7.78. The Balaban J connectivity index is 2.73. The summed E-state index contributed by atoms with van der Waals surface area (Å²) in [7, 11) is 0. The molecule has 0 fully saturated rings. The highest BCUT2D eigenvalue weighted by atomic mass is 16.5. The zero-order valence-electron chi connectivity index (χ0n) is 12.2. The van der Waals surface area contributed by atoms with Gasteiger partial charge < -0.3 is 4.74 Å². The smallest absolute Gasteiger partial charge is 0.303 e. The maximum Gasteiger partial charge on any atom is 0.303 e. The van der Waals surface area contributed by atoms with E-state index in [1.807, 2.05) is 18.2 Å². The van der Waals surface area contributed by atoms with Crippen LogP contribution in [0, 0.1) is 5.92 Å². The third-order valence-corrected chi connectivity index (χ3v) is 3.18. The first-order valence-corrected chi connectivity index (χ1v) is 6.93. The van der Waals surface area contributed by atoms with Crippen molar-refractivity contribution in [3.63, 3.8) is 0 Å². The fourth-order valence-electron chi connectivity index (χ4n) is 2.34. The molecule has 1 aromatic rings. The Morgan fingerprint density at radius 2 is 1.95 bits per heavy atom. The molecule has 0 aliphatic carbocycles. The van der Waals surface area contributed by atoms with Crippen LogP contribution in [0.5, 0.6) is 0 Å². The topological polar surface area (TPSA) is 26.3 Å². The zero-order valence-corrected chi connectivity index (χ0v) is 12.2. The highest BCUT2D eigenvalue weighted by Gasteiger charge is 2.23. The standard InChI is InChI=1S/C17H24O2/c1-5-9-13(2)17(19-15(4)18)14(3)12-16-10-7-6-8-11-16/h6-8,10-11,14,17H,2,5,9,12H2,1,3-4H3/t14-,17-/m1/s1. The SMILES string of the molecule is C=C(CCC)[C@@H](OC(C)=O)[C@H](C)Cc1ccccc1. The van der Waals surface area contributed by atoms with Gasteiger partial charge in [0.1, 0.15) is 6.10 Å². The highest BCUT2D eigenvalue weighted by molar-refractivity contribution is 5.66. The van der Waals surface area contributed by atoms with Gasteiger partial charge in [0.05, 0.1) is 0 Å². The van der Waals surface area contributed by atoms with Gasteiger partial charge in [-0.15, -0.1) is 0 Å². The molecule has 0 N–H and O–H groups in total. The normalized spacial score (nSPS) is 13.6. The van der Waals surface area contributed by atoms with Crippen LogP contribution in [0.25, 0.3) is 0 Å². The Hall–Kier alpha value is -1.57. The molecule has 0 radical (unpaired) electrons. The van der Waals surface area contributed by atoms with Crippen molar-refractivity contribution in [1.82, 2.24) is 0 Å². The first-order chi connectivity index (χ1) is 9.04. The largest absolute Gasteiger partial charge is 0.458 e. The minimum absolute atomic E-state index is 0.183. The first-order valence-electron chi connectivity index (χ1n) is 6.93. The van der Waals surface area contributed by atoms with Gasteiger partial charge in [-0.1, -0.05) is 57.2 Å². The Morgan fingerprint density at radius 3 is 2.47 bits per heavy atom. The summed E-state index contributed by atoms with van der Waals surface area (Å²) in [5.41, 5.74) is 2.28. The van der Waals surface area contributed by atoms with Crippen molar-refractivity contribution in [2.24, 2.45) is 5.92 Å². The number of benzene rings is 1. The van der Waals surface area contributed by atoms with Crippen LogP contribution in [-0.4, -0.2) is 12.1 Å². The van der Waals surface area contributed by atoms with Gasteiger partial charge in [-0.3, -0.25) is 4.79 Å². The highest BCUT2D eigenvalue weighted by Crippen LogP contribution is 2.23. The van der Waals surface area contributed by atoms with E-state index < -0.39 is 0 Å². The van der Waals surface area contributed by atoms with Gasteiger partial charge in [0.25, 0.3) is 0 Å². The van der Waals surface area contributed by atoms with Crippen LogP contribution >= 0.6 is 0 Å². The summed E-state index contributed by atoms with van der Waals surface area (Å²) < 4.78 is 5.46. The van der Waals surface area contributed by atoms with Gasteiger partial charge in [-0.05, 0) is 24.0 Å². The third-order valence-electron chi connectivity index (χ3n) is 3.18. The van der Waals surface area contributed by atoms with E-state index >= 15 is 0 Å². The van der Waals surface area contributed by atoms with Gasteiger partial charge in [-0.25, -0.2) is 0 Å². The van der Waals surface area contributed by atoms with Gasteiger partial charge in [0, 0.05) is 12.8 Å². The Morgan fingerprint density at radius 1 is 1.32 bits per heavy atom. The number of esters is 1. The molecule has 1 rings (SSSR count). The molecule has 0 aromatic heterocycles. The van der Waals surface area contributed by atoms with E-state index in [4.69, 9.17) is 4.74 Å². The molecule has 104 valence electrons. The van der Waals surface area contributed by atoms with Crippen molar-refractivity contribution in [2.45, 2.75) is 46.1 Å². The van der Waals surface area contributed by atoms with Crippen molar-refractivity contribution >= 4 is 5.97 Å². The molecular formula is C17H24O2. The maximum absolute atomic E-state index is 11.3. The van der Waals surface area contributed by atoms with Crippen LogP contribution in [0.4, 0.5) is 0 Å². The molecular weight excluding hydrogens is 236 g/mol. The number of rotatable bonds is 7. The molecule has 2 heteroatoms. The van der Waals surface area contributed by atoms with Crippen molar-refractivity contribution in [3.8, 4) is 0 Å². The maximum atomic E-state index is 11.3. The second-order valence-corrected chi connectivity index (χ2v) is 5.11. The van der Waals surface area contributed by atoms with Gasteiger partial charge >= 0.3 is 5.97 Å². The van der Waals surface area contributed by atoms with Gasteiger partial charge in [-0.2, -0.15) is 0 Å². The van der Waals surface area contributed by atoms with Crippen molar-refractivity contribution in [3.05, 3.63) is 48.0 Å². The lowest BCUT2D eigenvalue weighted by molar-refractivity contribution is -0.146. The van der Waals surface area contributed by atoms with E-state index in [1.165, 1.54) is 12.5 Å². The summed E-state index contributed by atoms with van der Waals surface area (Å²) in [6.07, 6.45) is 2.63. The van der Waals surface area contributed by atoms with Gasteiger partial charge in [0.2, 0.25) is 0 Å². The Kier molecular flexibility index (Phi) is 6.34. The minimum atomic E-state index is -0.234. The molecule has 0 aliphatic heterocycles. The molecule has 0 spiro atoms. The summed E-state index contributed by atoms with van der Waals surface area (Å²) in [5, 5.41) is 0. The lowest BCUT2D eigenvalue weighted by Crippen LogP contribution is -2.27. The summed E-state index contributed by atoms with van der Waals surface area (Å²) in [6, 6.07) is 10.3. The predicted octanol–water partition coefficient (Wildman–Crippen LogP) is 4.15. The average Bonchev–Trinajstić information content (AvgIpc) is 2.37. The van der Waals surface area contributed by atoms with E-state index in [1.54, 1.807) is 0 Å². The first kappa shape index (κ1) is 15.5. The number of hydrogen-bond donors (Lipinski definition) is 0. The van der Waals surface area contributed by atoms with Gasteiger partial charge in [0.15, 0.2) is 0 Å². The monoisotopic (exact) mass is 260 g/mol. The van der Waals surface area contributed by atoms with Crippen molar-refractivity contribution in [2.75, 3.05) is 0 Å². The van der Waals surface area contributed by atoms with E-state index in [9.17, 15) is 4.79 Å². The number of carbonyl (C=O) groups is 1. The van der Waals surface area contributed by atoms with E-state index in [0.29, 0.717) is 0 Å². The molecule has 2 nitrogen and oxygen atoms in total. The van der Waals surface area contributed by atoms with E-state index in [0.717, 1.165) is 24.8 Å². The molecule has 0 saturated carbocycles. The molecule has 0 bridgehead atoms. The second-order valence-electron chi connectivity index (χ2n) is 5.11. The Bertz CT molecular complexity index is 409. The Labute approximate surface area is 116 Å². The fraction of sp³-hybridized carbons (Fsp3) is 0.471. The quantitative estimate of drug-likeness (QED) is 0.543. The number of ether oxygens (including phenoxy) is 1. The van der Waals surface area contributed by atoms with Crippen LogP contribution in [-0.2, 0) is 16.0 Å². The molecule has 0 saturated heterocycles. The van der Waals surface area contributed by atoms with Crippen molar-refractivity contribution in [1.29, 1.82) is 0 Å². The summed E-state index contributed by atoms with van der Waals surface area (Å²) in [4.78, 5) is 11.3. The molecule has 1 aromatic carbocycles. The molecule has 0 aliphatic rings. The molecule has 2 atom stereocenters. The molecule has 19 heavy (non-hydrogen) atoms. The van der Waals surface area contributed by atoms with Crippen molar-refractivity contribution < 1.29 is 9.53 Å². The zero-order chi connectivity index (χ0) is 14.3. The molecule has 0 amide bonds. The van der Waals surface area contributed by atoms with Crippen LogP contribution in [0.3, 0.4) is 0 Å². The minimum Gasteiger partial charge on any atom is -0.458 e. The summed E-state index contributed by atoms with van der Waals surface area (Å²) in [6.45, 7) is 9.76. The van der Waals surface area contributed by atoms with E-state index in [-0.39, 0.29) is 18.0 Å². The molecule has 0 heterocycles. The average molecular weight is 260 g/mol. The number of carbonyl (C=O) groups excluding carboxylic acids is 1. The van der Waals surface area contributed by atoms with Crippen LogP contribution < -0.4 is 0 Å². The lowest BCUT2D eigenvalue weighted by Gasteiger charge is -2.25. The van der Waals surface area contributed by atoms with Crippen LogP contribution in [0.2, 0.25) is 0 Å².